The summed E-state index contributed by atoms with van der Waals surface area (Å²) in [5.41, 5.74) is 1.99. The van der Waals surface area contributed by atoms with Gasteiger partial charge in [0.05, 0.1) is 0 Å². The maximum atomic E-state index is 12.4. The summed E-state index contributed by atoms with van der Waals surface area (Å²) in [6.45, 7) is 10.6. The van der Waals surface area contributed by atoms with Crippen molar-refractivity contribution in [1.29, 1.82) is 0 Å². The van der Waals surface area contributed by atoms with Crippen LogP contribution >= 0.6 is 0 Å². The van der Waals surface area contributed by atoms with E-state index in [2.05, 4.69) is 31.4 Å². The molecule has 0 radical (unpaired) electrons. The van der Waals surface area contributed by atoms with Gasteiger partial charge in [0.15, 0.2) is 0 Å². The third-order valence-electron chi connectivity index (χ3n) is 4.66. The molecule has 0 bridgehead atoms. The first-order valence-electron chi connectivity index (χ1n) is 9.25. The van der Waals surface area contributed by atoms with E-state index in [9.17, 15) is 9.59 Å². The zero-order chi connectivity index (χ0) is 18.4. The summed E-state index contributed by atoms with van der Waals surface area (Å²) in [5.74, 6) is -0.0330. The molecular formula is C20H31N3O2. The first-order chi connectivity index (χ1) is 11.8. The van der Waals surface area contributed by atoms with Crippen LogP contribution in [0.3, 0.4) is 0 Å². The van der Waals surface area contributed by atoms with E-state index in [-0.39, 0.29) is 23.4 Å². The molecule has 0 saturated carbocycles. The Morgan fingerprint density at radius 3 is 2.24 bits per heavy atom. The number of carbonyl (C=O) groups is 2. The number of urea groups is 1. The number of carbonyl (C=O) groups excluding carboxylic acids is 2. The number of hydrogen-bond donors (Lipinski definition) is 2. The molecule has 1 aliphatic rings. The van der Waals surface area contributed by atoms with Crippen molar-refractivity contribution >= 4 is 11.9 Å². The molecule has 3 amide bonds. The van der Waals surface area contributed by atoms with Gasteiger partial charge in [-0.25, -0.2) is 4.79 Å². The van der Waals surface area contributed by atoms with Crippen molar-refractivity contribution in [2.75, 3.05) is 19.6 Å². The van der Waals surface area contributed by atoms with Gasteiger partial charge in [-0.05, 0) is 42.4 Å². The standard InChI is InChI=1S/C20H31N3O2/c1-5-12-21-19(25)23-13-10-17(11-14-23)22-18(24)15-6-8-16(9-7-15)20(2,3)4/h6-9,17H,5,10-14H2,1-4H3,(H,21,25)(H,22,24). The molecule has 0 aliphatic carbocycles. The van der Waals surface area contributed by atoms with Crippen molar-refractivity contribution in [3.8, 4) is 0 Å². The van der Waals surface area contributed by atoms with Gasteiger partial charge >= 0.3 is 6.03 Å². The number of nitrogens with zero attached hydrogens (tertiary/aromatic N) is 1. The quantitative estimate of drug-likeness (QED) is 0.879. The van der Waals surface area contributed by atoms with Crippen LogP contribution in [0.15, 0.2) is 24.3 Å². The number of likely N-dealkylation sites (tertiary alicyclic amines) is 1. The number of rotatable bonds is 4. The maximum absolute atomic E-state index is 12.4. The van der Waals surface area contributed by atoms with E-state index in [1.807, 2.05) is 36.1 Å². The summed E-state index contributed by atoms with van der Waals surface area (Å²) in [5, 5.41) is 6.00. The summed E-state index contributed by atoms with van der Waals surface area (Å²) in [4.78, 5) is 26.2. The van der Waals surface area contributed by atoms with Gasteiger partial charge in [-0.2, -0.15) is 0 Å². The summed E-state index contributed by atoms with van der Waals surface area (Å²) in [6, 6.07) is 7.96. The summed E-state index contributed by atoms with van der Waals surface area (Å²) >= 11 is 0. The fraction of sp³-hybridized carbons (Fsp3) is 0.600. The molecule has 0 aromatic heterocycles. The number of amides is 3. The van der Waals surface area contributed by atoms with E-state index < -0.39 is 0 Å². The lowest BCUT2D eigenvalue weighted by Gasteiger charge is -2.32. The molecule has 1 fully saturated rings. The topological polar surface area (TPSA) is 61.4 Å². The first-order valence-corrected chi connectivity index (χ1v) is 9.25. The van der Waals surface area contributed by atoms with Crippen molar-refractivity contribution in [1.82, 2.24) is 15.5 Å². The van der Waals surface area contributed by atoms with Crippen molar-refractivity contribution in [2.24, 2.45) is 0 Å². The number of piperidine rings is 1. The van der Waals surface area contributed by atoms with Gasteiger partial charge < -0.3 is 15.5 Å². The van der Waals surface area contributed by atoms with Crippen LogP contribution in [0.4, 0.5) is 4.79 Å². The Balaban J connectivity index is 1.83. The van der Waals surface area contributed by atoms with Gasteiger partial charge in [0, 0.05) is 31.2 Å². The highest BCUT2D eigenvalue weighted by molar-refractivity contribution is 5.94. The van der Waals surface area contributed by atoms with E-state index in [4.69, 9.17) is 0 Å². The molecule has 1 heterocycles. The van der Waals surface area contributed by atoms with Crippen LogP contribution in [0.1, 0.15) is 62.9 Å². The van der Waals surface area contributed by atoms with Gasteiger partial charge in [0.25, 0.3) is 5.91 Å². The summed E-state index contributed by atoms with van der Waals surface area (Å²) < 4.78 is 0. The second-order valence-electron chi connectivity index (χ2n) is 7.79. The fourth-order valence-electron chi connectivity index (χ4n) is 2.96. The molecule has 5 nitrogen and oxygen atoms in total. The van der Waals surface area contributed by atoms with Crippen LogP contribution in [-0.2, 0) is 5.41 Å². The summed E-state index contributed by atoms with van der Waals surface area (Å²) in [7, 11) is 0. The van der Waals surface area contributed by atoms with Gasteiger partial charge in [-0.1, -0.05) is 39.8 Å². The van der Waals surface area contributed by atoms with Gasteiger partial charge in [-0.3, -0.25) is 4.79 Å². The van der Waals surface area contributed by atoms with E-state index >= 15 is 0 Å². The SMILES string of the molecule is CCCNC(=O)N1CCC(NC(=O)c2ccc(C(C)(C)C)cc2)CC1. The molecule has 25 heavy (non-hydrogen) atoms. The Labute approximate surface area is 151 Å². The number of nitrogens with one attached hydrogen (secondary N) is 2. The monoisotopic (exact) mass is 345 g/mol. The minimum atomic E-state index is -0.0330. The van der Waals surface area contributed by atoms with Crippen molar-refractivity contribution in [2.45, 2.75) is 58.4 Å². The normalized spacial score (nSPS) is 15.8. The first kappa shape index (κ1) is 19.3. The van der Waals surface area contributed by atoms with Crippen LogP contribution in [0, 0.1) is 0 Å². The Morgan fingerprint density at radius 2 is 1.72 bits per heavy atom. The maximum Gasteiger partial charge on any atom is 0.317 e. The van der Waals surface area contributed by atoms with E-state index in [1.165, 1.54) is 5.56 Å². The molecule has 2 N–H and O–H groups in total. The lowest BCUT2D eigenvalue weighted by molar-refractivity contribution is 0.0918. The van der Waals surface area contributed by atoms with E-state index in [0.717, 1.165) is 19.3 Å². The van der Waals surface area contributed by atoms with Crippen LogP contribution in [0.5, 0.6) is 0 Å². The van der Waals surface area contributed by atoms with Crippen molar-refractivity contribution < 1.29 is 9.59 Å². The van der Waals surface area contributed by atoms with Gasteiger partial charge in [-0.15, -0.1) is 0 Å². The van der Waals surface area contributed by atoms with E-state index in [1.54, 1.807) is 0 Å². The molecule has 1 aliphatic heterocycles. The van der Waals surface area contributed by atoms with Crippen LogP contribution < -0.4 is 10.6 Å². The molecule has 1 saturated heterocycles. The molecule has 0 spiro atoms. The molecular weight excluding hydrogens is 314 g/mol. The molecule has 2 rings (SSSR count). The highest BCUT2D eigenvalue weighted by Gasteiger charge is 2.24. The minimum absolute atomic E-state index is 0.00407. The third-order valence-corrected chi connectivity index (χ3v) is 4.66. The smallest absolute Gasteiger partial charge is 0.317 e. The average Bonchev–Trinajstić information content (AvgIpc) is 2.59. The molecule has 5 heteroatoms. The lowest BCUT2D eigenvalue weighted by Crippen LogP contribution is -2.49. The second-order valence-corrected chi connectivity index (χ2v) is 7.79. The molecule has 138 valence electrons. The second kappa shape index (κ2) is 8.37. The lowest BCUT2D eigenvalue weighted by atomic mass is 9.86. The van der Waals surface area contributed by atoms with E-state index in [0.29, 0.717) is 25.2 Å². The number of hydrogen-bond acceptors (Lipinski definition) is 2. The Kier molecular flexibility index (Phi) is 6.45. The average molecular weight is 345 g/mol. The third kappa shape index (κ3) is 5.48. The largest absolute Gasteiger partial charge is 0.349 e. The minimum Gasteiger partial charge on any atom is -0.349 e. The highest BCUT2D eigenvalue weighted by Crippen LogP contribution is 2.22. The van der Waals surface area contributed by atoms with Gasteiger partial charge in [0.1, 0.15) is 0 Å². The Hall–Kier alpha value is -2.04. The predicted molar refractivity (Wildman–Crippen MR) is 101 cm³/mol. The number of benzene rings is 1. The van der Waals surface area contributed by atoms with Crippen LogP contribution in [-0.4, -0.2) is 42.5 Å². The Morgan fingerprint density at radius 1 is 1.12 bits per heavy atom. The Bertz CT molecular complexity index is 582. The zero-order valence-corrected chi connectivity index (χ0v) is 15.9. The van der Waals surface area contributed by atoms with Crippen molar-refractivity contribution in [3.63, 3.8) is 0 Å². The fourth-order valence-corrected chi connectivity index (χ4v) is 2.96. The molecule has 1 aromatic carbocycles. The van der Waals surface area contributed by atoms with Crippen LogP contribution in [0.2, 0.25) is 0 Å². The van der Waals surface area contributed by atoms with Gasteiger partial charge in [0.2, 0.25) is 0 Å². The highest BCUT2D eigenvalue weighted by atomic mass is 16.2. The molecule has 0 atom stereocenters. The molecule has 1 aromatic rings. The van der Waals surface area contributed by atoms with Crippen LogP contribution in [0.25, 0.3) is 0 Å². The summed E-state index contributed by atoms with van der Waals surface area (Å²) in [6.07, 6.45) is 2.53. The van der Waals surface area contributed by atoms with Crippen molar-refractivity contribution in [3.05, 3.63) is 35.4 Å². The predicted octanol–water partition coefficient (Wildman–Crippen LogP) is 3.30. The zero-order valence-electron chi connectivity index (χ0n) is 15.9. The molecule has 0 unspecified atom stereocenters.